The van der Waals surface area contributed by atoms with Gasteiger partial charge in [0.05, 0.1) is 63.1 Å². The van der Waals surface area contributed by atoms with Crippen molar-refractivity contribution in [2.45, 2.75) is 87.5 Å². The van der Waals surface area contributed by atoms with Gasteiger partial charge < -0.3 is 53.3 Å². The maximum atomic E-state index is 13.3. The molecule has 4 aliphatic heterocycles. The number of hydrogen-bond acceptors (Lipinski definition) is 11. The number of carbonyl (C=O) groups is 4. The maximum Gasteiger partial charge on any atom is 0.174 e. The molecule has 2 fully saturated rings. The SMILES string of the molecule is C[C@]12O[C@H](C[C@H](O)[C@H]1O)n1c3ccccc3c3c4c(c5c6ccccc6n2c5c31)C(=O)CC4=O.C[C@]12O[C@H]([C@H](O)[C@H](O)[C@H]1O)n1c3ccccc3c3c4c(c5c6ccccc6n2c5c31)C(=O)CC4=O. The summed E-state index contributed by atoms with van der Waals surface area (Å²) >= 11 is 0. The van der Waals surface area contributed by atoms with Gasteiger partial charge in [0.2, 0.25) is 0 Å². The van der Waals surface area contributed by atoms with E-state index in [4.69, 9.17) is 9.47 Å². The summed E-state index contributed by atoms with van der Waals surface area (Å²) in [6, 6.07) is 30.5. The molecule has 2 aliphatic carbocycles. The molecule has 4 bridgehead atoms. The molecular formula is C54H40N4O11. The predicted octanol–water partition coefficient (Wildman–Crippen LogP) is 6.97. The lowest BCUT2D eigenvalue weighted by molar-refractivity contribution is -0.309. The molecule has 0 amide bonds. The summed E-state index contributed by atoms with van der Waals surface area (Å²) < 4.78 is 20.8. The number of aliphatic hydroxyl groups excluding tert-OH is 5. The van der Waals surface area contributed by atoms with Crippen molar-refractivity contribution in [3.8, 4) is 0 Å². The van der Waals surface area contributed by atoms with E-state index >= 15 is 0 Å². The van der Waals surface area contributed by atoms with Crippen molar-refractivity contribution in [2.75, 3.05) is 0 Å². The number of Topliss-reactive ketones (excluding diaryl/α,β-unsaturated/α-hetero) is 4. The molecule has 2 saturated heterocycles. The fourth-order valence-corrected chi connectivity index (χ4v) is 13.6. The van der Waals surface area contributed by atoms with Gasteiger partial charge in [0.15, 0.2) is 40.8 Å². The van der Waals surface area contributed by atoms with Crippen molar-refractivity contribution in [3.63, 3.8) is 0 Å². The van der Waals surface area contributed by atoms with Crippen LogP contribution in [0.2, 0.25) is 0 Å². The Morgan fingerprint density at radius 2 is 0.841 bits per heavy atom. The second-order valence-electron chi connectivity index (χ2n) is 19.8. The zero-order valence-electron chi connectivity index (χ0n) is 36.9. The van der Waals surface area contributed by atoms with Crippen LogP contribution in [0.25, 0.3) is 87.2 Å². The Hall–Kier alpha value is -7.08. The minimum absolute atomic E-state index is 0.138. The highest BCUT2D eigenvalue weighted by molar-refractivity contribution is 6.42. The molecule has 16 rings (SSSR count). The molecule has 6 aromatic carbocycles. The Bertz CT molecular complexity index is 4160. The van der Waals surface area contributed by atoms with E-state index in [1.54, 1.807) is 13.8 Å². The average Bonchev–Trinajstić information content (AvgIpc) is 4.15. The number of ketones is 4. The van der Waals surface area contributed by atoms with E-state index in [0.29, 0.717) is 55.1 Å². The van der Waals surface area contributed by atoms with Crippen LogP contribution in [0, 0.1) is 0 Å². The predicted molar refractivity (Wildman–Crippen MR) is 254 cm³/mol. The Morgan fingerprint density at radius 1 is 0.464 bits per heavy atom. The first-order chi connectivity index (χ1) is 33.3. The highest BCUT2D eigenvalue weighted by Gasteiger charge is 2.57. The quantitative estimate of drug-likeness (QED) is 0.0982. The lowest BCUT2D eigenvalue weighted by Gasteiger charge is -2.47. The molecule has 9 atom stereocenters. The highest BCUT2D eigenvalue weighted by Crippen LogP contribution is 2.56. The lowest BCUT2D eigenvalue weighted by atomic mass is 9.93. The number of para-hydroxylation sites is 4. The summed E-state index contributed by atoms with van der Waals surface area (Å²) in [5, 5.41) is 61.6. The summed E-state index contributed by atoms with van der Waals surface area (Å²) in [5.74, 6) is -0.807. The number of rotatable bonds is 0. The molecule has 0 radical (unpaired) electrons. The summed E-state index contributed by atoms with van der Waals surface area (Å²) in [6.45, 7) is 3.48. The van der Waals surface area contributed by atoms with Crippen molar-refractivity contribution in [1.82, 2.24) is 18.3 Å². The third-order valence-electron chi connectivity index (χ3n) is 16.3. The first kappa shape index (κ1) is 39.9. The van der Waals surface area contributed by atoms with Crippen LogP contribution >= 0.6 is 0 Å². The molecule has 0 spiro atoms. The van der Waals surface area contributed by atoms with Gasteiger partial charge in [-0.1, -0.05) is 72.8 Å². The van der Waals surface area contributed by atoms with Crippen LogP contribution in [0.1, 0.15) is 87.0 Å². The minimum atomic E-state index is -1.49. The van der Waals surface area contributed by atoms with E-state index in [9.17, 15) is 44.7 Å². The van der Waals surface area contributed by atoms with Crippen molar-refractivity contribution >= 4 is 110 Å². The minimum Gasteiger partial charge on any atom is -0.390 e. The molecule has 0 unspecified atom stereocenters. The van der Waals surface area contributed by atoms with Crippen LogP contribution in [-0.2, 0) is 20.9 Å². The number of ether oxygens (including phenoxy) is 2. The van der Waals surface area contributed by atoms with Gasteiger partial charge in [0, 0.05) is 71.8 Å². The average molecular weight is 921 g/mol. The van der Waals surface area contributed by atoms with Gasteiger partial charge >= 0.3 is 0 Å². The summed E-state index contributed by atoms with van der Waals surface area (Å²) in [7, 11) is 0. The van der Waals surface area contributed by atoms with Crippen LogP contribution in [0.3, 0.4) is 0 Å². The number of carbonyl (C=O) groups excluding carboxylic acids is 4. The molecule has 10 aromatic rings. The second kappa shape index (κ2) is 12.8. The van der Waals surface area contributed by atoms with E-state index in [1.165, 1.54) is 0 Å². The number of aromatic nitrogens is 4. The van der Waals surface area contributed by atoms with E-state index in [0.717, 1.165) is 54.4 Å². The van der Waals surface area contributed by atoms with Gasteiger partial charge in [0.1, 0.15) is 30.6 Å². The van der Waals surface area contributed by atoms with Gasteiger partial charge in [-0.25, -0.2) is 0 Å². The van der Waals surface area contributed by atoms with E-state index < -0.39 is 54.4 Å². The van der Waals surface area contributed by atoms with Gasteiger partial charge in [0.25, 0.3) is 0 Å². The molecule has 69 heavy (non-hydrogen) atoms. The van der Waals surface area contributed by atoms with Crippen molar-refractivity contribution in [3.05, 3.63) is 119 Å². The van der Waals surface area contributed by atoms with Crippen LogP contribution in [-0.4, -0.2) is 97.5 Å². The number of aliphatic hydroxyl groups is 5. The van der Waals surface area contributed by atoms with Crippen LogP contribution in [0.5, 0.6) is 0 Å². The van der Waals surface area contributed by atoms with E-state index in [1.807, 2.05) is 111 Å². The van der Waals surface area contributed by atoms with E-state index in [-0.39, 0.29) is 42.4 Å². The zero-order chi connectivity index (χ0) is 47.1. The second-order valence-corrected chi connectivity index (χ2v) is 19.8. The Morgan fingerprint density at radius 3 is 1.32 bits per heavy atom. The molecule has 342 valence electrons. The molecule has 5 N–H and O–H groups in total. The van der Waals surface area contributed by atoms with Gasteiger partial charge in [-0.15, -0.1) is 0 Å². The summed E-state index contributed by atoms with van der Waals surface area (Å²) in [5.41, 5.74) is 4.90. The maximum absolute atomic E-state index is 13.3. The van der Waals surface area contributed by atoms with Gasteiger partial charge in [-0.3, -0.25) is 19.2 Å². The zero-order valence-corrected chi connectivity index (χ0v) is 36.9. The molecular weight excluding hydrogens is 881 g/mol. The fraction of sp³-hybridized carbons (Fsp3) is 0.259. The summed E-state index contributed by atoms with van der Waals surface area (Å²) in [6.07, 6.45) is -8.28. The Labute approximate surface area is 388 Å². The molecule has 0 saturated carbocycles. The molecule has 15 nitrogen and oxygen atoms in total. The van der Waals surface area contributed by atoms with Crippen LogP contribution in [0.15, 0.2) is 97.1 Å². The van der Waals surface area contributed by atoms with Crippen molar-refractivity contribution < 1.29 is 54.2 Å². The molecule has 4 aromatic heterocycles. The van der Waals surface area contributed by atoms with Gasteiger partial charge in [-0.05, 0) is 38.1 Å². The Kier molecular flexibility index (Phi) is 7.37. The molecule has 15 heteroatoms. The number of fused-ring (bicyclic) bond motifs is 26. The van der Waals surface area contributed by atoms with Gasteiger partial charge in [-0.2, -0.15) is 0 Å². The van der Waals surface area contributed by atoms with Crippen LogP contribution in [0.4, 0.5) is 0 Å². The molecule has 8 heterocycles. The third kappa shape index (κ3) is 4.41. The van der Waals surface area contributed by atoms with Crippen molar-refractivity contribution in [1.29, 1.82) is 0 Å². The number of benzene rings is 6. The first-order valence-electron chi connectivity index (χ1n) is 23.2. The van der Waals surface area contributed by atoms with E-state index in [2.05, 4.69) is 4.57 Å². The fourth-order valence-electron chi connectivity index (χ4n) is 13.6. The Balaban J connectivity index is 0.000000125. The number of nitrogens with zero attached hydrogens (tertiary/aromatic N) is 4. The monoisotopic (exact) mass is 920 g/mol. The normalized spacial score (nSPS) is 28.9. The smallest absolute Gasteiger partial charge is 0.174 e. The first-order valence-corrected chi connectivity index (χ1v) is 23.2. The van der Waals surface area contributed by atoms with Crippen LogP contribution < -0.4 is 0 Å². The lowest BCUT2D eigenvalue weighted by Crippen LogP contribution is -2.61. The number of hydrogen-bond donors (Lipinski definition) is 5. The topological polar surface area (TPSA) is 208 Å². The summed E-state index contributed by atoms with van der Waals surface area (Å²) in [4.78, 5) is 53.2. The van der Waals surface area contributed by atoms with Crippen molar-refractivity contribution in [2.24, 2.45) is 0 Å². The molecule has 6 aliphatic rings. The highest BCUT2D eigenvalue weighted by atomic mass is 16.6. The standard InChI is InChI=1S/C27H20N2O6.C27H20N2O5/c1-27-25(34)23(32)24(33)26(35-27)28-13-8-4-2-6-11(13)17-19-15(30)10-16(31)20(19)18-12-7-3-5-9-14(12)29(27)22(18)21(17)28;1-27-26(33)18(32)11-19(34-27)28-14-8-4-2-6-12(14)20-22-16(30)10-17(31)23(22)21-13-7-3-5-9-15(13)29(27)25(21)24(20)28/h2-9,23-26,32-34H,10H2,1H3;2-9,18-19,26,32-33H,10-11H2,1H3/t23-,24+,25+,26+,27-;18-,19+,26+,27-/m00/s1. The third-order valence-corrected chi connectivity index (χ3v) is 16.3. The largest absolute Gasteiger partial charge is 0.390 e.